The van der Waals surface area contributed by atoms with E-state index >= 15 is 0 Å². The van der Waals surface area contributed by atoms with Gasteiger partial charge in [0, 0.05) is 19.7 Å². The molecule has 0 unspecified atom stereocenters. The number of hydrogen-bond donors (Lipinski definition) is 1. The van der Waals surface area contributed by atoms with Crippen LogP contribution in [0.2, 0.25) is 5.15 Å². The first-order chi connectivity index (χ1) is 9.46. The average molecular weight is 300 g/mol. The van der Waals surface area contributed by atoms with Gasteiger partial charge in [0.25, 0.3) is 0 Å². The van der Waals surface area contributed by atoms with Crippen molar-refractivity contribution in [1.29, 1.82) is 0 Å². The Kier molecular flexibility index (Phi) is 7.24. The second-order valence-corrected chi connectivity index (χ2v) is 6.29. The molecule has 0 atom stereocenters. The predicted molar refractivity (Wildman–Crippen MR) is 84.2 cm³/mol. The van der Waals surface area contributed by atoms with Crippen molar-refractivity contribution in [3.63, 3.8) is 0 Å². The lowest BCUT2D eigenvalue weighted by molar-refractivity contribution is 0.178. The number of aromatic nitrogens is 2. The van der Waals surface area contributed by atoms with Gasteiger partial charge in [-0.15, -0.1) is 0 Å². The minimum absolute atomic E-state index is 0.244. The number of anilines is 1. The molecule has 0 aromatic carbocycles. The third-order valence-electron chi connectivity index (χ3n) is 3.22. The van der Waals surface area contributed by atoms with Crippen LogP contribution in [0.25, 0.3) is 0 Å². The summed E-state index contributed by atoms with van der Waals surface area (Å²) in [5.74, 6) is 1.37. The molecule has 0 fully saturated rings. The molecule has 0 aliphatic rings. The molecule has 0 spiro atoms. The zero-order valence-electron chi connectivity index (χ0n) is 13.0. The standard InChI is InChI=1S/C15H26ClN3O/c1-5-6-7-8-15(2,3)11-17-13-9-12(16)18-14(19-13)10-20-4/h9H,5-8,10-11H2,1-4H3,(H,17,18,19). The summed E-state index contributed by atoms with van der Waals surface area (Å²) in [4.78, 5) is 8.51. The van der Waals surface area contributed by atoms with Crippen molar-refractivity contribution >= 4 is 17.4 Å². The van der Waals surface area contributed by atoms with Crippen LogP contribution < -0.4 is 5.32 Å². The highest BCUT2D eigenvalue weighted by Gasteiger charge is 2.17. The summed E-state index contributed by atoms with van der Waals surface area (Å²) >= 11 is 5.99. The Labute approximate surface area is 127 Å². The monoisotopic (exact) mass is 299 g/mol. The van der Waals surface area contributed by atoms with Crippen molar-refractivity contribution in [3.8, 4) is 0 Å². The summed E-state index contributed by atoms with van der Waals surface area (Å²) in [6, 6.07) is 1.75. The summed E-state index contributed by atoms with van der Waals surface area (Å²) < 4.78 is 5.04. The fourth-order valence-corrected chi connectivity index (χ4v) is 2.22. The van der Waals surface area contributed by atoms with Crippen molar-refractivity contribution in [3.05, 3.63) is 17.0 Å². The van der Waals surface area contributed by atoms with E-state index in [0.717, 1.165) is 12.4 Å². The van der Waals surface area contributed by atoms with E-state index in [1.165, 1.54) is 25.7 Å². The molecule has 0 saturated heterocycles. The summed E-state index contributed by atoms with van der Waals surface area (Å²) in [5.41, 5.74) is 0.244. The second-order valence-electron chi connectivity index (χ2n) is 5.90. The van der Waals surface area contributed by atoms with Crippen LogP contribution in [0.3, 0.4) is 0 Å². The number of nitrogens with zero attached hydrogens (tertiary/aromatic N) is 2. The third-order valence-corrected chi connectivity index (χ3v) is 3.41. The van der Waals surface area contributed by atoms with Crippen LogP contribution in [-0.4, -0.2) is 23.6 Å². The van der Waals surface area contributed by atoms with Crippen molar-refractivity contribution in [1.82, 2.24) is 9.97 Å². The van der Waals surface area contributed by atoms with Gasteiger partial charge in [0.15, 0.2) is 5.82 Å². The molecule has 20 heavy (non-hydrogen) atoms. The first-order valence-electron chi connectivity index (χ1n) is 7.23. The molecule has 0 amide bonds. The highest BCUT2D eigenvalue weighted by atomic mass is 35.5. The van der Waals surface area contributed by atoms with Crippen molar-refractivity contribution in [2.24, 2.45) is 5.41 Å². The van der Waals surface area contributed by atoms with Crippen LogP contribution in [-0.2, 0) is 11.3 Å². The highest BCUT2D eigenvalue weighted by molar-refractivity contribution is 6.29. The summed E-state index contributed by atoms with van der Waals surface area (Å²) in [5, 5.41) is 3.80. The molecule has 0 aliphatic heterocycles. The maximum absolute atomic E-state index is 5.99. The average Bonchev–Trinajstić information content (AvgIpc) is 2.37. The van der Waals surface area contributed by atoms with Gasteiger partial charge >= 0.3 is 0 Å². The van der Waals surface area contributed by atoms with E-state index in [-0.39, 0.29) is 5.41 Å². The lowest BCUT2D eigenvalue weighted by Gasteiger charge is -2.25. The molecule has 1 N–H and O–H groups in total. The van der Waals surface area contributed by atoms with Gasteiger partial charge in [-0.1, -0.05) is 51.6 Å². The van der Waals surface area contributed by atoms with Crippen LogP contribution in [0.15, 0.2) is 6.07 Å². The topological polar surface area (TPSA) is 47.0 Å². The van der Waals surface area contributed by atoms with E-state index in [9.17, 15) is 0 Å². The van der Waals surface area contributed by atoms with Gasteiger partial charge in [0.05, 0.1) is 0 Å². The maximum atomic E-state index is 5.99. The van der Waals surface area contributed by atoms with Gasteiger partial charge in [0.1, 0.15) is 17.6 Å². The third kappa shape index (κ3) is 6.53. The molecular weight excluding hydrogens is 274 g/mol. The molecule has 1 heterocycles. The number of methoxy groups -OCH3 is 1. The highest BCUT2D eigenvalue weighted by Crippen LogP contribution is 2.24. The van der Waals surface area contributed by atoms with Gasteiger partial charge in [-0.2, -0.15) is 0 Å². The van der Waals surface area contributed by atoms with Crippen LogP contribution in [0.5, 0.6) is 0 Å². The Morgan fingerprint density at radius 2 is 2.05 bits per heavy atom. The smallest absolute Gasteiger partial charge is 0.158 e. The van der Waals surface area contributed by atoms with Crippen molar-refractivity contribution < 1.29 is 4.74 Å². The molecule has 1 aromatic heterocycles. The molecular formula is C15H26ClN3O. The van der Waals surface area contributed by atoms with Gasteiger partial charge in [0.2, 0.25) is 0 Å². The first-order valence-corrected chi connectivity index (χ1v) is 7.61. The Bertz CT molecular complexity index is 410. The van der Waals surface area contributed by atoms with Crippen LogP contribution in [0.4, 0.5) is 5.82 Å². The molecule has 1 aromatic rings. The molecule has 5 heteroatoms. The van der Waals surface area contributed by atoms with E-state index in [1.54, 1.807) is 13.2 Å². The van der Waals surface area contributed by atoms with E-state index in [2.05, 4.69) is 36.1 Å². The first kappa shape index (κ1) is 17.2. The second kappa shape index (κ2) is 8.42. The van der Waals surface area contributed by atoms with Gasteiger partial charge < -0.3 is 10.1 Å². The molecule has 1 rings (SSSR count). The Balaban J connectivity index is 2.55. The van der Waals surface area contributed by atoms with E-state index in [1.807, 2.05) is 0 Å². The lowest BCUT2D eigenvalue weighted by atomic mass is 9.87. The SMILES string of the molecule is CCCCCC(C)(C)CNc1cc(Cl)nc(COC)n1. The van der Waals surface area contributed by atoms with E-state index in [4.69, 9.17) is 16.3 Å². The molecule has 0 saturated carbocycles. The number of halogens is 1. The van der Waals surface area contributed by atoms with Crippen molar-refractivity contribution in [2.75, 3.05) is 19.0 Å². The minimum Gasteiger partial charge on any atom is -0.377 e. The molecule has 0 bridgehead atoms. The summed E-state index contributed by atoms with van der Waals surface area (Å²) in [6.07, 6.45) is 5.02. The van der Waals surface area contributed by atoms with Crippen LogP contribution >= 0.6 is 11.6 Å². The predicted octanol–water partition coefficient (Wildman–Crippen LogP) is 4.29. The number of hydrogen-bond acceptors (Lipinski definition) is 4. The van der Waals surface area contributed by atoms with E-state index in [0.29, 0.717) is 17.6 Å². The molecule has 114 valence electrons. The summed E-state index contributed by atoms with van der Waals surface area (Å²) in [7, 11) is 1.62. The quantitative estimate of drug-likeness (QED) is 0.545. The van der Waals surface area contributed by atoms with Gasteiger partial charge in [-0.25, -0.2) is 9.97 Å². The van der Waals surface area contributed by atoms with E-state index < -0.39 is 0 Å². The number of unbranched alkanes of at least 4 members (excludes halogenated alkanes) is 2. The fourth-order valence-electron chi connectivity index (χ4n) is 2.02. The number of ether oxygens (including phenoxy) is 1. The normalized spacial score (nSPS) is 11.7. The zero-order chi connectivity index (χ0) is 15.0. The van der Waals surface area contributed by atoms with Gasteiger partial charge in [-0.05, 0) is 11.8 Å². The maximum Gasteiger partial charge on any atom is 0.158 e. The molecule has 0 aliphatic carbocycles. The lowest BCUT2D eigenvalue weighted by Crippen LogP contribution is -2.23. The molecule has 4 nitrogen and oxygen atoms in total. The number of rotatable bonds is 9. The summed E-state index contributed by atoms with van der Waals surface area (Å²) in [6.45, 7) is 8.01. The molecule has 0 radical (unpaired) electrons. The minimum atomic E-state index is 0.244. The van der Waals surface area contributed by atoms with Crippen LogP contribution in [0, 0.1) is 5.41 Å². The largest absolute Gasteiger partial charge is 0.377 e. The Morgan fingerprint density at radius 3 is 2.70 bits per heavy atom. The zero-order valence-corrected chi connectivity index (χ0v) is 13.8. The Hall–Kier alpha value is -0.870. The van der Waals surface area contributed by atoms with Crippen LogP contribution in [0.1, 0.15) is 52.3 Å². The Morgan fingerprint density at radius 1 is 1.30 bits per heavy atom. The number of nitrogens with one attached hydrogen (secondary N) is 1. The van der Waals surface area contributed by atoms with Crippen molar-refractivity contribution in [2.45, 2.75) is 53.1 Å². The van der Waals surface area contributed by atoms with Gasteiger partial charge in [-0.3, -0.25) is 0 Å². The fraction of sp³-hybridized carbons (Fsp3) is 0.733.